The number of fused-ring (bicyclic) bond motifs is 1. The molecular weight excluding hydrogens is 466 g/mol. The Bertz CT molecular complexity index is 1190. The van der Waals surface area contributed by atoms with Crippen LogP contribution in [0.25, 0.3) is 6.08 Å². The van der Waals surface area contributed by atoms with E-state index in [0.29, 0.717) is 60.2 Å². The Balaban J connectivity index is 1.41. The average molecular weight is 496 g/mol. The Hall–Kier alpha value is -4.01. The molecule has 0 radical (unpaired) electrons. The zero-order valence-corrected chi connectivity index (χ0v) is 20.6. The molecule has 0 spiro atoms. The minimum Gasteiger partial charge on any atom is -0.493 e. The number of ether oxygens (including phenoxy) is 5. The molecule has 9 nitrogen and oxygen atoms in total. The van der Waals surface area contributed by atoms with Gasteiger partial charge in [-0.3, -0.25) is 14.4 Å². The van der Waals surface area contributed by atoms with Crippen molar-refractivity contribution in [3.8, 4) is 23.0 Å². The highest BCUT2D eigenvalue weighted by molar-refractivity contribution is 6.14. The number of methoxy groups -OCH3 is 2. The molecule has 0 aliphatic carbocycles. The molecule has 1 atom stereocenters. The lowest BCUT2D eigenvalue weighted by Crippen LogP contribution is -2.44. The maximum absolute atomic E-state index is 12.9. The van der Waals surface area contributed by atoms with Gasteiger partial charge in [-0.1, -0.05) is 12.1 Å². The Morgan fingerprint density at radius 2 is 2.00 bits per heavy atom. The molecule has 1 amide bonds. The molecule has 0 aromatic heterocycles. The minimum atomic E-state index is -0.310. The van der Waals surface area contributed by atoms with Gasteiger partial charge >= 0.3 is 5.97 Å². The van der Waals surface area contributed by atoms with Gasteiger partial charge in [0.1, 0.15) is 11.5 Å². The monoisotopic (exact) mass is 495 g/mol. The van der Waals surface area contributed by atoms with Crippen LogP contribution in [0.4, 0.5) is 0 Å². The van der Waals surface area contributed by atoms with Gasteiger partial charge in [0, 0.05) is 24.7 Å². The maximum Gasteiger partial charge on any atom is 0.310 e. The van der Waals surface area contributed by atoms with Crippen LogP contribution in [0.5, 0.6) is 23.0 Å². The summed E-state index contributed by atoms with van der Waals surface area (Å²) in [7, 11) is 3.07. The summed E-state index contributed by atoms with van der Waals surface area (Å²) in [5.41, 5.74) is 1.04. The minimum absolute atomic E-state index is 0.142. The number of amides is 1. The van der Waals surface area contributed by atoms with Gasteiger partial charge in [0.05, 0.1) is 32.3 Å². The van der Waals surface area contributed by atoms with Gasteiger partial charge in [-0.25, -0.2) is 0 Å². The fraction of sp³-hybridized carbons (Fsp3) is 0.370. The molecule has 4 rings (SSSR count). The average Bonchev–Trinajstić information content (AvgIpc) is 3.21. The third-order valence-corrected chi connectivity index (χ3v) is 6.12. The van der Waals surface area contributed by atoms with Crippen molar-refractivity contribution in [2.45, 2.75) is 19.8 Å². The number of ketones is 1. The van der Waals surface area contributed by atoms with Gasteiger partial charge in [0.25, 0.3) is 5.91 Å². The number of esters is 1. The second kappa shape index (κ2) is 11.2. The van der Waals surface area contributed by atoms with Crippen molar-refractivity contribution in [1.29, 1.82) is 0 Å². The molecule has 1 saturated heterocycles. The van der Waals surface area contributed by atoms with E-state index in [1.54, 1.807) is 54.3 Å². The van der Waals surface area contributed by atoms with Gasteiger partial charge in [0.2, 0.25) is 5.78 Å². The van der Waals surface area contributed by atoms with Crippen LogP contribution in [-0.4, -0.2) is 63.1 Å². The SMILES string of the molecule is CCOC(=O)C1CCCN(C(=O)COc2ccc3c(c2)O/C(=C\c2cccc(OC)c2OC)C3=O)C1. The Morgan fingerprint density at radius 3 is 2.75 bits per heavy atom. The number of nitrogens with zero attached hydrogens (tertiary/aromatic N) is 1. The number of piperidine rings is 1. The Morgan fingerprint density at radius 1 is 1.17 bits per heavy atom. The highest BCUT2D eigenvalue weighted by Gasteiger charge is 2.30. The molecule has 9 heteroatoms. The van der Waals surface area contributed by atoms with Crippen LogP contribution in [0.2, 0.25) is 0 Å². The predicted molar refractivity (Wildman–Crippen MR) is 130 cm³/mol. The highest BCUT2D eigenvalue weighted by Crippen LogP contribution is 2.37. The van der Waals surface area contributed by atoms with E-state index in [2.05, 4.69) is 0 Å². The van der Waals surface area contributed by atoms with Gasteiger partial charge in [0.15, 0.2) is 23.9 Å². The number of hydrogen-bond donors (Lipinski definition) is 0. The Labute approximate surface area is 209 Å². The molecule has 0 N–H and O–H groups in total. The lowest BCUT2D eigenvalue weighted by molar-refractivity contribution is -0.151. The molecule has 190 valence electrons. The standard InChI is InChI=1S/C27H29NO8/c1-4-34-27(31)18-8-6-12-28(15-18)24(29)16-35-19-10-11-20-22(14-19)36-23(25(20)30)13-17-7-5-9-21(32-2)26(17)33-3/h5,7,9-11,13-14,18H,4,6,8,12,15-16H2,1-3H3/b23-13-. The molecule has 1 unspecified atom stereocenters. The number of para-hydroxylation sites is 1. The number of Topliss-reactive ketones (excluding diaryl/α,β-unsaturated/α-hetero) is 1. The largest absolute Gasteiger partial charge is 0.493 e. The number of carbonyl (C=O) groups excluding carboxylic acids is 3. The molecule has 0 saturated carbocycles. The summed E-state index contributed by atoms with van der Waals surface area (Å²) in [6.07, 6.45) is 3.04. The van der Waals surface area contributed by atoms with E-state index < -0.39 is 0 Å². The van der Waals surface area contributed by atoms with Crippen molar-refractivity contribution in [3.05, 3.63) is 53.3 Å². The van der Waals surface area contributed by atoms with Crippen LogP contribution in [0.3, 0.4) is 0 Å². The van der Waals surface area contributed by atoms with Crippen LogP contribution in [-0.2, 0) is 14.3 Å². The molecule has 2 aromatic carbocycles. The normalized spacial score (nSPS) is 17.9. The first-order valence-electron chi connectivity index (χ1n) is 11.8. The van der Waals surface area contributed by atoms with Crippen molar-refractivity contribution < 1.29 is 38.1 Å². The van der Waals surface area contributed by atoms with Gasteiger partial charge in [-0.2, -0.15) is 0 Å². The molecule has 2 aliphatic heterocycles. The topological polar surface area (TPSA) is 101 Å². The van der Waals surface area contributed by atoms with Gasteiger partial charge < -0.3 is 28.6 Å². The van der Waals surface area contributed by atoms with Crippen LogP contribution in [0, 0.1) is 5.92 Å². The summed E-state index contributed by atoms with van der Waals surface area (Å²) in [6.45, 7) is 2.79. The summed E-state index contributed by atoms with van der Waals surface area (Å²) in [5, 5.41) is 0. The summed E-state index contributed by atoms with van der Waals surface area (Å²) >= 11 is 0. The number of carbonyl (C=O) groups is 3. The van der Waals surface area contributed by atoms with Gasteiger partial charge in [-0.05, 0) is 44.0 Å². The molecule has 2 aliphatic rings. The number of likely N-dealkylation sites (tertiary alicyclic amines) is 1. The predicted octanol–water partition coefficient (Wildman–Crippen LogP) is 3.50. The first-order valence-corrected chi connectivity index (χ1v) is 11.8. The van der Waals surface area contributed by atoms with Crippen molar-refractivity contribution in [2.75, 3.05) is 40.5 Å². The number of allylic oxidation sites excluding steroid dienone is 1. The van der Waals surface area contributed by atoms with E-state index in [9.17, 15) is 14.4 Å². The molecule has 36 heavy (non-hydrogen) atoms. The lowest BCUT2D eigenvalue weighted by atomic mass is 9.98. The first-order chi connectivity index (χ1) is 17.4. The zero-order valence-electron chi connectivity index (χ0n) is 20.6. The lowest BCUT2D eigenvalue weighted by Gasteiger charge is -2.31. The molecular formula is C27H29NO8. The third kappa shape index (κ3) is 5.30. The van der Waals surface area contributed by atoms with Crippen LogP contribution in [0.1, 0.15) is 35.7 Å². The van der Waals surface area contributed by atoms with E-state index in [1.807, 2.05) is 0 Å². The zero-order chi connectivity index (χ0) is 25.7. The highest BCUT2D eigenvalue weighted by atomic mass is 16.5. The summed E-state index contributed by atoms with van der Waals surface area (Å²) in [6, 6.07) is 10.2. The first kappa shape index (κ1) is 25.1. The quantitative estimate of drug-likeness (QED) is 0.405. The number of rotatable bonds is 8. The van der Waals surface area contributed by atoms with Gasteiger partial charge in [-0.15, -0.1) is 0 Å². The van der Waals surface area contributed by atoms with E-state index >= 15 is 0 Å². The fourth-order valence-electron chi connectivity index (χ4n) is 4.32. The molecule has 1 fully saturated rings. The van der Waals surface area contributed by atoms with E-state index in [4.69, 9.17) is 23.7 Å². The number of benzene rings is 2. The van der Waals surface area contributed by atoms with Crippen molar-refractivity contribution in [3.63, 3.8) is 0 Å². The second-order valence-electron chi connectivity index (χ2n) is 8.40. The van der Waals surface area contributed by atoms with Crippen LogP contribution < -0.4 is 18.9 Å². The molecule has 2 heterocycles. The van der Waals surface area contributed by atoms with Crippen molar-refractivity contribution in [1.82, 2.24) is 4.90 Å². The molecule has 2 aromatic rings. The summed E-state index contributed by atoms with van der Waals surface area (Å²) in [4.78, 5) is 39.2. The second-order valence-corrected chi connectivity index (χ2v) is 8.40. The maximum atomic E-state index is 12.9. The van der Waals surface area contributed by atoms with E-state index in [-0.39, 0.29) is 35.9 Å². The fourth-order valence-corrected chi connectivity index (χ4v) is 4.32. The van der Waals surface area contributed by atoms with Crippen LogP contribution >= 0.6 is 0 Å². The molecule has 0 bridgehead atoms. The van der Waals surface area contributed by atoms with Crippen molar-refractivity contribution >= 4 is 23.7 Å². The Kier molecular flexibility index (Phi) is 7.77. The summed E-state index contributed by atoms with van der Waals surface area (Å²) in [5.74, 6) is 0.851. The summed E-state index contributed by atoms with van der Waals surface area (Å²) < 4.78 is 27.3. The third-order valence-electron chi connectivity index (χ3n) is 6.12. The van der Waals surface area contributed by atoms with Crippen LogP contribution in [0.15, 0.2) is 42.2 Å². The van der Waals surface area contributed by atoms with E-state index in [1.165, 1.54) is 14.2 Å². The van der Waals surface area contributed by atoms with Crippen molar-refractivity contribution in [2.24, 2.45) is 5.92 Å². The smallest absolute Gasteiger partial charge is 0.310 e. The number of hydrogen-bond acceptors (Lipinski definition) is 8. The van der Waals surface area contributed by atoms with E-state index in [0.717, 1.165) is 6.42 Å².